The first kappa shape index (κ1) is 21.4. The number of carbonyl (C=O) groups excluding carboxylic acids is 2. The number of amides is 3. The molecule has 0 saturated carbocycles. The number of nitrogens with zero attached hydrogens (tertiary/aromatic N) is 2. The van der Waals surface area contributed by atoms with E-state index in [0.29, 0.717) is 0 Å². The fourth-order valence-corrected chi connectivity index (χ4v) is 5.15. The molecule has 0 spiro atoms. The first-order chi connectivity index (χ1) is 13.3. The van der Waals surface area contributed by atoms with Gasteiger partial charge < -0.3 is 5.11 Å². The summed E-state index contributed by atoms with van der Waals surface area (Å²) in [4.78, 5) is 39.0. The lowest BCUT2D eigenvalue weighted by atomic mass is 9.99. The van der Waals surface area contributed by atoms with E-state index in [0.717, 1.165) is 11.2 Å². The van der Waals surface area contributed by atoms with E-state index < -0.39 is 50.2 Å². The predicted octanol–water partition coefficient (Wildman–Crippen LogP) is 1.69. The summed E-state index contributed by atoms with van der Waals surface area (Å²) < 4.78 is 27.9. The van der Waals surface area contributed by atoms with E-state index >= 15 is 0 Å². The zero-order chi connectivity index (χ0) is 21.8. The quantitative estimate of drug-likeness (QED) is 0.443. The van der Waals surface area contributed by atoms with Crippen molar-refractivity contribution >= 4 is 28.0 Å². The summed E-state index contributed by atoms with van der Waals surface area (Å²) in [7, 11) is -3.80. The van der Waals surface area contributed by atoms with Crippen molar-refractivity contribution < 1.29 is 36.6 Å². The van der Waals surface area contributed by atoms with Gasteiger partial charge in [-0.3, -0.25) is 18.7 Å². The van der Waals surface area contributed by atoms with Crippen LogP contribution in [0.3, 0.4) is 0 Å². The molecule has 0 bridgehead atoms. The molecule has 10 heteroatoms. The summed E-state index contributed by atoms with van der Waals surface area (Å²) in [6, 6.07) is 5.71. The van der Waals surface area contributed by atoms with Gasteiger partial charge in [0.15, 0.2) is 0 Å². The highest BCUT2D eigenvalue weighted by Crippen LogP contribution is 2.40. The lowest BCUT2D eigenvalue weighted by molar-refractivity contribution is -0.914. The Bertz CT molecular complexity index is 948. The number of fused-ring (bicyclic) bond motifs is 1. The number of rotatable bonds is 4. The topological polar surface area (TPSA) is 118 Å². The molecule has 0 aliphatic carbocycles. The van der Waals surface area contributed by atoms with Crippen molar-refractivity contribution in [2.24, 2.45) is 0 Å². The van der Waals surface area contributed by atoms with Gasteiger partial charge in [0.05, 0.1) is 23.9 Å². The molecular weight excluding hydrogens is 400 g/mol. The Morgan fingerprint density at radius 1 is 1.21 bits per heavy atom. The zero-order valence-electron chi connectivity index (χ0n) is 16.8. The van der Waals surface area contributed by atoms with Crippen molar-refractivity contribution in [1.82, 2.24) is 4.90 Å². The van der Waals surface area contributed by atoms with Crippen LogP contribution in [0.4, 0.5) is 4.79 Å². The second-order valence-electron chi connectivity index (χ2n) is 8.58. The van der Waals surface area contributed by atoms with E-state index in [1.54, 1.807) is 45.0 Å². The van der Waals surface area contributed by atoms with Gasteiger partial charge in [-0.1, -0.05) is 12.1 Å². The van der Waals surface area contributed by atoms with Gasteiger partial charge >= 0.3 is 6.09 Å². The molecule has 2 aliphatic rings. The summed E-state index contributed by atoms with van der Waals surface area (Å²) in [6.07, 6.45) is -1.01. The molecule has 1 fully saturated rings. The number of benzene rings is 1. The summed E-state index contributed by atoms with van der Waals surface area (Å²) in [6.45, 7) is 4.98. The average molecular weight is 425 g/mol. The molecule has 0 radical (unpaired) electrons. The third kappa shape index (κ3) is 3.56. The number of carboxylic acid groups (broad SMARTS) is 1. The predicted molar refractivity (Wildman–Crippen MR) is 103 cm³/mol. The molecule has 1 N–H and O–H groups in total. The zero-order valence-corrected chi connectivity index (χ0v) is 17.6. The van der Waals surface area contributed by atoms with Crippen molar-refractivity contribution in [3.05, 3.63) is 35.4 Å². The molecule has 29 heavy (non-hydrogen) atoms. The van der Waals surface area contributed by atoms with E-state index in [9.17, 15) is 27.9 Å². The van der Waals surface area contributed by atoms with E-state index in [1.165, 1.54) is 0 Å². The molecule has 1 saturated heterocycles. The van der Waals surface area contributed by atoms with Crippen molar-refractivity contribution in [3.8, 4) is 0 Å². The minimum atomic E-state index is -3.80. The molecule has 2 heterocycles. The molecule has 9 nitrogen and oxygen atoms in total. The maximum absolute atomic E-state index is 12.8. The Balaban J connectivity index is 1.98. The Kier molecular flexibility index (Phi) is 5.09. The van der Waals surface area contributed by atoms with Crippen LogP contribution in [0.15, 0.2) is 24.3 Å². The molecule has 1 aromatic carbocycles. The van der Waals surface area contributed by atoms with Crippen LogP contribution in [0.1, 0.15) is 47.9 Å². The largest absolute Gasteiger partial charge is 0.514 e. The van der Waals surface area contributed by atoms with Crippen molar-refractivity contribution in [2.75, 3.05) is 19.3 Å². The van der Waals surface area contributed by atoms with Gasteiger partial charge in [-0.2, -0.15) is 13.2 Å². The van der Waals surface area contributed by atoms with Crippen LogP contribution < -0.4 is 0 Å². The fourth-order valence-electron chi connectivity index (χ4n) is 4.52. The second kappa shape index (κ2) is 6.89. The highest BCUT2D eigenvalue weighted by molar-refractivity contribution is 7.86. The molecule has 158 valence electrons. The molecular formula is C19H25N2O7S+. The van der Waals surface area contributed by atoms with E-state index in [1.807, 2.05) is 0 Å². The van der Waals surface area contributed by atoms with Crippen LogP contribution in [-0.4, -0.2) is 77.8 Å². The van der Waals surface area contributed by atoms with Crippen LogP contribution in [0.5, 0.6) is 0 Å². The third-order valence-corrected chi connectivity index (χ3v) is 6.39. The van der Waals surface area contributed by atoms with E-state index in [2.05, 4.69) is 0 Å². The van der Waals surface area contributed by atoms with Crippen LogP contribution in [0.25, 0.3) is 0 Å². The Morgan fingerprint density at radius 2 is 1.72 bits per heavy atom. The highest BCUT2D eigenvalue weighted by atomic mass is 32.2. The number of hydrogen-bond acceptors (Lipinski definition) is 6. The summed E-state index contributed by atoms with van der Waals surface area (Å²) >= 11 is 0. The highest BCUT2D eigenvalue weighted by Gasteiger charge is 2.61. The lowest BCUT2D eigenvalue weighted by Gasteiger charge is -2.45. The van der Waals surface area contributed by atoms with Gasteiger partial charge in [-0.05, 0) is 32.9 Å². The number of imide groups is 1. The first-order valence-corrected chi connectivity index (χ1v) is 11.0. The van der Waals surface area contributed by atoms with Crippen molar-refractivity contribution in [3.63, 3.8) is 0 Å². The molecule has 1 unspecified atom stereocenters. The molecule has 1 aromatic rings. The molecule has 0 aromatic heterocycles. The van der Waals surface area contributed by atoms with Gasteiger partial charge in [0.1, 0.15) is 24.2 Å². The average Bonchev–Trinajstić information content (AvgIpc) is 3.05. The Labute approximate surface area is 169 Å². The Hall–Kier alpha value is -2.30. The second-order valence-corrected chi connectivity index (χ2v) is 10.2. The minimum Gasteiger partial charge on any atom is -0.435 e. The molecule has 3 amide bonds. The lowest BCUT2D eigenvalue weighted by Crippen LogP contribution is -2.68. The number of likely N-dealkylation sites (tertiary alicyclic amines) is 1. The SMILES string of the molecule is CC(C)(C)[N+]1(C(=O)O)C[C@@H](OS(C)(=O)=O)C[C@@H]1CN1C(=O)c2ccccc2C1=O. The standard InChI is InChI=1S/C19H24N2O7S/c1-19(2,3)21(18(24)25)11-13(28-29(4,26)27)9-12(21)10-20-16(22)14-7-5-6-8-15(14)17(20)23/h5-8,12-13H,9-11H2,1-4H3/p+1/t12-,13+,21?/m1/s1. The smallest absolute Gasteiger partial charge is 0.435 e. The summed E-state index contributed by atoms with van der Waals surface area (Å²) in [5.74, 6) is -0.953. The first-order valence-electron chi connectivity index (χ1n) is 9.23. The monoisotopic (exact) mass is 425 g/mol. The van der Waals surface area contributed by atoms with Crippen molar-refractivity contribution in [1.29, 1.82) is 0 Å². The van der Waals surface area contributed by atoms with Gasteiger partial charge in [0.2, 0.25) is 0 Å². The van der Waals surface area contributed by atoms with Crippen LogP contribution in [0.2, 0.25) is 0 Å². The van der Waals surface area contributed by atoms with E-state index in [4.69, 9.17) is 4.18 Å². The van der Waals surface area contributed by atoms with Gasteiger partial charge in [-0.25, -0.2) is 4.48 Å². The van der Waals surface area contributed by atoms with E-state index in [-0.39, 0.29) is 30.6 Å². The Morgan fingerprint density at radius 3 is 2.14 bits per heavy atom. The molecule has 3 atom stereocenters. The minimum absolute atomic E-state index is 0.0836. The van der Waals surface area contributed by atoms with Gasteiger partial charge in [0.25, 0.3) is 21.9 Å². The fraction of sp³-hybridized carbons (Fsp3) is 0.526. The summed E-state index contributed by atoms with van der Waals surface area (Å²) in [5.41, 5.74) is -0.266. The summed E-state index contributed by atoms with van der Waals surface area (Å²) in [5, 5.41) is 10.1. The number of hydrogen-bond donors (Lipinski definition) is 1. The third-order valence-electron chi connectivity index (χ3n) is 5.77. The molecule has 3 rings (SSSR count). The van der Waals surface area contributed by atoms with Gasteiger partial charge in [-0.15, -0.1) is 0 Å². The molecule has 2 aliphatic heterocycles. The number of carbonyl (C=O) groups is 3. The van der Waals surface area contributed by atoms with Crippen LogP contribution in [-0.2, 0) is 14.3 Å². The number of quaternary nitrogens is 1. The maximum Gasteiger partial charge on any atom is 0.514 e. The maximum atomic E-state index is 12.8. The van der Waals surface area contributed by atoms with Crippen molar-refractivity contribution in [2.45, 2.75) is 44.9 Å². The normalized spacial score (nSPS) is 27.4. The van der Waals surface area contributed by atoms with Gasteiger partial charge in [0, 0.05) is 6.42 Å². The van der Waals surface area contributed by atoms with Crippen LogP contribution >= 0.6 is 0 Å². The van der Waals surface area contributed by atoms with Crippen LogP contribution in [0, 0.1) is 0 Å².